The predicted molar refractivity (Wildman–Crippen MR) is 143 cm³/mol. The lowest BCUT2D eigenvalue weighted by atomic mass is 10.1. The summed E-state index contributed by atoms with van der Waals surface area (Å²) in [6.45, 7) is -0.339. The van der Waals surface area contributed by atoms with E-state index >= 15 is 0 Å². The van der Waals surface area contributed by atoms with E-state index in [1.165, 1.54) is 37.6 Å². The highest BCUT2D eigenvalue weighted by atomic mass is 127. The van der Waals surface area contributed by atoms with Crippen LogP contribution in [0.2, 0.25) is 10.0 Å². The largest absolute Gasteiger partial charge is 0.493 e. The number of ether oxygens (including phenoxy) is 2. The molecule has 7 nitrogen and oxygen atoms in total. The molecular weight excluding hydrogens is 649 g/mol. The molecule has 0 fully saturated rings. The Kier molecular flexibility index (Phi) is 9.62. The van der Waals surface area contributed by atoms with Crippen molar-refractivity contribution in [3.05, 3.63) is 84.9 Å². The molecule has 0 aliphatic rings. The first-order chi connectivity index (χ1) is 17.5. The van der Waals surface area contributed by atoms with Crippen LogP contribution in [-0.4, -0.2) is 31.7 Å². The summed E-state index contributed by atoms with van der Waals surface area (Å²) in [5.74, 6) is -0.917. The Bertz CT molecular complexity index is 1350. The molecule has 2 amide bonds. The minimum atomic E-state index is -4.68. The second-order valence-electron chi connectivity index (χ2n) is 7.24. The molecule has 0 spiro atoms. The Balaban J connectivity index is 1.66. The van der Waals surface area contributed by atoms with E-state index in [4.69, 9.17) is 32.7 Å². The van der Waals surface area contributed by atoms with Gasteiger partial charge in [0.1, 0.15) is 0 Å². The molecule has 13 heteroatoms. The van der Waals surface area contributed by atoms with Gasteiger partial charge < -0.3 is 14.8 Å². The molecular formula is C24H17Cl2F3IN3O4. The van der Waals surface area contributed by atoms with Gasteiger partial charge in [0.2, 0.25) is 0 Å². The number of nitrogens with zero attached hydrogens (tertiary/aromatic N) is 1. The molecule has 0 bridgehead atoms. The van der Waals surface area contributed by atoms with Gasteiger partial charge in [-0.15, -0.1) is 0 Å². The summed E-state index contributed by atoms with van der Waals surface area (Å²) in [6.07, 6.45) is -3.45. The molecule has 0 unspecified atom stereocenters. The number of anilines is 1. The van der Waals surface area contributed by atoms with Crippen LogP contribution in [0.3, 0.4) is 0 Å². The van der Waals surface area contributed by atoms with Crippen LogP contribution in [0.1, 0.15) is 21.5 Å². The molecule has 0 radical (unpaired) electrons. The van der Waals surface area contributed by atoms with Gasteiger partial charge in [-0.05, 0) is 70.6 Å². The lowest BCUT2D eigenvalue weighted by Crippen LogP contribution is -2.22. The Morgan fingerprint density at radius 1 is 1.08 bits per heavy atom. The van der Waals surface area contributed by atoms with E-state index in [1.54, 1.807) is 18.2 Å². The van der Waals surface area contributed by atoms with Gasteiger partial charge in [0.05, 0.1) is 38.1 Å². The third-order valence-electron chi connectivity index (χ3n) is 4.66. The summed E-state index contributed by atoms with van der Waals surface area (Å²) in [4.78, 5) is 24.5. The van der Waals surface area contributed by atoms with Crippen molar-refractivity contribution < 1.29 is 32.2 Å². The first-order valence-electron chi connectivity index (χ1n) is 10.2. The van der Waals surface area contributed by atoms with Crippen LogP contribution >= 0.6 is 45.8 Å². The third-order valence-corrected chi connectivity index (χ3v) is 6.20. The van der Waals surface area contributed by atoms with E-state index in [1.807, 2.05) is 22.6 Å². The van der Waals surface area contributed by atoms with E-state index in [9.17, 15) is 22.8 Å². The topological polar surface area (TPSA) is 89.0 Å². The van der Waals surface area contributed by atoms with Crippen LogP contribution in [0, 0.1) is 3.57 Å². The number of rotatable bonds is 8. The van der Waals surface area contributed by atoms with Crippen LogP contribution in [0.4, 0.5) is 18.9 Å². The summed E-state index contributed by atoms with van der Waals surface area (Å²) in [5, 5.41) is 7.02. The molecule has 0 saturated carbocycles. The van der Waals surface area contributed by atoms with E-state index in [0.717, 1.165) is 12.1 Å². The molecule has 0 saturated heterocycles. The first-order valence-corrected chi connectivity index (χ1v) is 12.1. The molecule has 3 aromatic rings. The average Bonchev–Trinajstić information content (AvgIpc) is 2.84. The summed E-state index contributed by atoms with van der Waals surface area (Å²) in [5.41, 5.74) is 1.37. The first kappa shape index (κ1) is 28.5. The highest BCUT2D eigenvalue weighted by Crippen LogP contribution is 2.34. The Hall–Kier alpha value is -3.03. The van der Waals surface area contributed by atoms with Gasteiger partial charge in [-0.3, -0.25) is 9.59 Å². The second kappa shape index (κ2) is 12.5. The smallest absolute Gasteiger partial charge is 0.417 e. The maximum absolute atomic E-state index is 13.1. The van der Waals surface area contributed by atoms with Crippen LogP contribution < -0.4 is 20.2 Å². The van der Waals surface area contributed by atoms with Crippen LogP contribution in [0.15, 0.2) is 59.7 Å². The normalized spacial score (nSPS) is 11.3. The third kappa shape index (κ3) is 7.73. The fraction of sp³-hybridized carbons (Fsp3) is 0.125. The number of alkyl halides is 3. The molecule has 0 aromatic heterocycles. The van der Waals surface area contributed by atoms with Crippen molar-refractivity contribution in [2.75, 3.05) is 19.0 Å². The highest BCUT2D eigenvalue weighted by molar-refractivity contribution is 14.1. The van der Waals surface area contributed by atoms with Gasteiger partial charge in [0.25, 0.3) is 11.8 Å². The molecule has 0 aliphatic carbocycles. The summed E-state index contributed by atoms with van der Waals surface area (Å²) in [6, 6.07) is 12.2. The number of benzene rings is 3. The molecule has 0 aliphatic heterocycles. The summed E-state index contributed by atoms with van der Waals surface area (Å²) >= 11 is 13.8. The number of halogens is 6. The zero-order valence-electron chi connectivity index (χ0n) is 18.8. The number of amides is 2. The number of hydrazone groups is 1. The minimum absolute atomic E-state index is 0.268. The molecule has 0 atom stereocenters. The molecule has 3 rings (SSSR count). The number of nitrogens with one attached hydrogen (secondary N) is 2. The predicted octanol–water partition coefficient (Wildman–Crippen LogP) is 6.41. The number of carbonyl (C=O) groups excluding carboxylic acids is 2. The minimum Gasteiger partial charge on any atom is -0.493 e. The Labute approximate surface area is 233 Å². The number of carbonyl (C=O) groups is 2. The van der Waals surface area contributed by atoms with Gasteiger partial charge in [-0.1, -0.05) is 35.3 Å². The van der Waals surface area contributed by atoms with Gasteiger partial charge in [-0.25, -0.2) is 5.43 Å². The maximum atomic E-state index is 13.1. The molecule has 0 heterocycles. The van der Waals surface area contributed by atoms with Gasteiger partial charge in [0.15, 0.2) is 18.1 Å². The van der Waals surface area contributed by atoms with Crippen molar-refractivity contribution in [1.29, 1.82) is 0 Å². The van der Waals surface area contributed by atoms with Crippen molar-refractivity contribution in [2.45, 2.75) is 6.18 Å². The van der Waals surface area contributed by atoms with Crippen molar-refractivity contribution in [3.8, 4) is 11.5 Å². The zero-order valence-corrected chi connectivity index (χ0v) is 22.5. The van der Waals surface area contributed by atoms with E-state index in [0.29, 0.717) is 19.8 Å². The number of methoxy groups -OCH3 is 1. The van der Waals surface area contributed by atoms with Gasteiger partial charge in [0, 0.05) is 5.69 Å². The molecule has 194 valence electrons. The van der Waals surface area contributed by atoms with Gasteiger partial charge >= 0.3 is 6.18 Å². The fourth-order valence-corrected chi connectivity index (χ4v) is 4.10. The second-order valence-corrected chi connectivity index (χ2v) is 9.22. The maximum Gasteiger partial charge on any atom is 0.417 e. The van der Waals surface area contributed by atoms with Crippen molar-refractivity contribution >= 4 is 69.5 Å². The fourth-order valence-electron chi connectivity index (χ4n) is 3.02. The lowest BCUT2D eigenvalue weighted by molar-refractivity contribution is -0.138. The molecule has 2 N–H and O–H groups in total. The van der Waals surface area contributed by atoms with Crippen LogP contribution in [0.5, 0.6) is 11.5 Å². The van der Waals surface area contributed by atoms with E-state index < -0.39 is 29.1 Å². The Morgan fingerprint density at radius 2 is 1.81 bits per heavy atom. The summed E-state index contributed by atoms with van der Waals surface area (Å²) in [7, 11) is 1.39. The molecule has 37 heavy (non-hydrogen) atoms. The van der Waals surface area contributed by atoms with Crippen LogP contribution in [-0.2, 0) is 11.0 Å². The van der Waals surface area contributed by atoms with Crippen molar-refractivity contribution in [2.24, 2.45) is 5.10 Å². The Morgan fingerprint density at radius 3 is 2.49 bits per heavy atom. The monoisotopic (exact) mass is 665 g/mol. The van der Waals surface area contributed by atoms with Crippen molar-refractivity contribution in [1.82, 2.24) is 5.43 Å². The van der Waals surface area contributed by atoms with E-state index in [2.05, 4.69) is 15.8 Å². The molecule has 3 aromatic carbocycles. The summed E-state index contributed by atoms with van der Waals surface area (Å²) < 4.78 is 50.9. The van der Waals surface area contributed by atoms with Crippen molar-refractivity contribution in [3.63, 3.8) is 0 Å². The van der Waals surface area contributed by atoms with Crippen LogP contribution in [0.25, 0.3) is 0 Å². The zero-order chi connectivity index (χ0) is 27.2. The standard InChI is InChI=1S/C24H17Cl2F3IN3O4/c1-36-20-9-13(11-31-33-23(35)15-4-2-3-5-16(15)24(27,28)29)8-19(30)22(20)37-12-21(34)32-14-6-7-17(25)18(26)10-14/h2-11H,12H2,1H3,(H,32,34)(H,33,35)/b31-11+. The number of hydrogen-bond donors (Lipinski definition) is 2. The van der Waals surface area contributed by atoms with E-state index in [-0.39, 0.29) is 23.1 Å². The average molecular weight is 666 g/mol. The van der Waals surface area contributed by atoms with Gasteiger partial charge in [-0.2, -0.15) is 18.3 Å². The lowest BCUT2D eigenvalue weighted by Gasteiger charge is -2.14. The highest BCUT2D eigenvalue weighted by Gasteiger charge is 2.34. The SMILES string of the molecule is COc1cc(/C=N/NC(=O)c2ccccc2C(F)(F)F)cc(I)c1OCC(=O)Nc1ccc(Cl)c(Cl)c1. The quantitative estimate of drug-likeness (QED) is 0.165. The number of hydrogen-bond acceptors (Lipinski definition) is 5.